The molecule has 2 aromatic heterocycles. The van der Waals surface area contributed by atoms with Crippen LogP contribution in [0.25, 0.3) is 0 Å². The molecule has 0 aliphatic carbocycles. The van der Waals surface area contributed by atoms with Gasteiger partial charge in [0.15, 0.2) is 5.16 Å². The number of hydrogen-bond acceptors (Lipinski definition) is 7. The van der Waals surface area contributed by atoms with Crippen molar-refractivity contribution in [3.05, 3.63) is 85.5 Å². The van der Waals surface area contributed by atoms with E-state index in [4.69, 9.17) is 4.74 Å². The highest BCUT2D eigenvalue weighted by atomic mass is 32.2. The average Bonchev–Trinajstić information content (AvgIpc) is 3.26. The third-order valence-electron chi connectivity index (χ3n) is 4.67. The molecule has 0 saturated heterocycles. The van der Waals surface area contributed by atoms with E-state index in [0.717, 1.165) is 10.4 Å². The predicted octanol–water partition coefficient (Wildman–Crippen LogP) is 4.13. The van der Waals surface area contributed by atoms with Gasteiger partial charge in [0.25, 0.3) is 5.56 Å². The number of hydrogen-bond donors (Lipinski definition) is 2. The van der Waals surface area contributed by atoms with E-state index in [1.165, 1.54) is 30.2 Å². The number of H-pyrrole nitrogens is 1. The van der Waals surface area contributed by atoms with E-state index in [2.05, 4.69) is 15.3 Å². The Balaban J connectivity index is 1.74. The second-order valence-corrected chi connectivity index (χ2v) is 8.45. The zero-order chi connectivity index (χ0) is 20.4. The summed E-state index contributed by atoms with van der Waals surface area (Å²) in [4.78, 5) is 33.9. The zero-order valence-electron chi connectivity index (χ0n) is 15.9. The molecule has 148 valence electrons. The van der Waals surface area contributed by atoms with Crippen LogP contribution in [0.5, 0.6) is 0 Å². The lowest BCUT2D eigenvalue weighted by Crippen LogP contribution is -2.30. The fourth-order valence-electron chi connectivity index (χ4n) is 3.35. The number of fused-ring (bicyclic) bond motifs is 1. The Kier molecular flexibility index (Phi) is 5.55. The molecule has 0 radical (unpaired) electrons. The number of carbonyl (C=O) groups excluding carboxylic acids is 1. The van der Waals surface area contributed by atoms with Crippen LogP contribution < -0.4 is 10.9 Å². The summed E-state index contributed by atoms with van der Waals surface area (Å²) < 4.78 is 4.99. The van der Waals surface area contributed by atoms with Gasteiger partial charge in [-0.25, -0.2) is 9.78 Å². The fraction of sp³-hybridized carbons (Fsp3) is 0.190. The van der Waals surface area contributed by atoms with Crippen molar-refractivity contribution in [2.75, 3.05) is 12.4 Å². The number of rotatable bonds is 5. The summed E-state index contributed by atoms with van der Waals surface area (Å²) in [5.74, 6) is 0.205. The molecule has 1 aliphatic heterocycles. The molecule has 8 heteroatoms. The first-order chi connectivity index (χ1) is 14.1. The zero-order valence-corrected chi connectivity index (χ0v) is 17.5. The molecule has 6 nitrogen and oxygen atoms in total. The minimum Gasteiger partial charge on any atom is -0.466 e. The number of nitrogens with one attached hydrogen (secondary N) is 2. The lowest BCUT2D eigenvalue weighted by molar-refractivity contribution is -0.136. The second kappa shape index (κ2) is 8.26. The van der Waals surface area contributed by atoms with Crippen molar-refractivity contribution in [3.8, 4) is 0 Å². The molecular weight excluding hydrogens is 406 g/mol. The number of ether oxygens (including phenoxy) is 1. The van der Waals surface area contributed by atoms with Crippen LogP contribution in [-0.2, 0) is 15.3 Å². The molecule has 1 aliphatic rings. The maximum Gasteiger partial charge on any atom is 0.336 e. The van der Waals surface area contributed by atoms with Crippen molar-refractivity contribution in [2.45, 2.75) is 23.8 Å². The van der Waals surface area contributed by atoms with Gasteiger partial charge in [0.05, 0.1) is 24.2 Å². The van der Waals surface area contributed by atoms with Crippen molar-refractivity contribution in [3.63, 3.8) is 0 Å². The third-order valence-corrected chi connectivity index (χ3v) is 6.55. The maximum atomic E-state index is 13.0. The number of aromatic nitrogens is 2. The van der Waals surface area contributed by atoms with Crippen LogP contribution in [0.4, 0.5) is 5.82 Å². The fourth-order valence-corrected chi connectivity index (χ4v) is 5.01. The Hall–Kier alpha value is -2.84. The van der Waals surface area contributed by atoms with Crippen LogP contribution in [0.2, 0.25) is 0 Å². The van der Waals surface area contributed by atoms with Crippen molar-refractivity contribution < 1.29 is 9.53 Å². The molecule has 0 fully saturated rings. The monoisotopic (exact) mass is 425 g/mol. The lowest BCUT2D eigenvalue weighted by Gasteiger charge is -2.27. The van der Waals surface area contributed by atoms with E-state index < -0.39 is 11.9 Å². The molecule has 29 heavy (non-hydrogen) atoms. The molecule has 3 heterocycles. The van der Waals surface area contributed by atoms with Crippen LogP contribution >= 0.6 is 23.1 Å². The van der Waals surface area contributed by atoms with E-state index in [9.17, 15) is 9.59 Å². The molecule has 0 unspecified atom stereocenters. The normalized spacial score (nSPS) is 15.6. The van der Waals surface area contributed by atoms with Gasteiger partial charge < -0.3 is 15.0 Å². The van der Waals surface area contributed by atoms with E-state index in [-0.39, 0.29) is 5.56 Å². The molecule has 3 aromatic rings. The predicted molar refractivity (Wildman–Crippen MR) is 115 cm³/mol. The van der Waals surface area contributed by atoms with E-state index in [1.54, 1.807) is 6.92 Å². The highest BCUT2D eigenvalue weighted by Gasteiger charge is 2.36. The van der Waals surface area contributed by atoms with Gasteiger partial charge in [-0.2, -0.15) is 0 Å². The topological polar surface area (TPSA) is 84.1 Å². The minimum absolute atomic E-state index is 0.259. The van der Waals surface area contributed by atoms with Crippen LogP contribution in [0.1, 0.15) is 28.8 Å². The van der Waals surface area contributed by atoms with Gasteiger partial charge in [-0.15, -0.1) is 11.3 Å². The Morgan fingerprint density at radius 2 is 2.03 bits per heavy atom. The smallest absolute Gasteiger partial charge is 0.336 e. The lowest BCUT2D eigenvalue weighted by atomic mass is 9.86. The van der Waals surface area contributed by atoms with Crippen LogP contribution in [0, 0.1) is 0 Å². The number of benzene rings is 1. The average molecular weight is 426 g/mol. The Labute approximate surface area is 176 Å². The highest BCUT2D eigenvalue weighted by molar-refractivity contribution is 7.98. The quantitative estimate of drug-likeness (QED) is 0.363. The summed E-state index contributed by atoms with van der Waals surface area (Å²) in [6.07, 6.45) is 0. The maximum absolute atomic E-state index is 13.0. The molecular formula is C21H19N3O3S2. The summed E-state index contributed by atoms with van der Waals surface area (Å²) in [7, 11) is 1.34. The number of nitrogens with zero attached hydrogens (tertiary/aromatic N) is 1. The summed E-state index contributed by atoms with van der Waals surface area (Å²) in [6, 6.07) is 13.8. The van der Waals surface area contributed by atoms with Crippen LogP contribution in [0.15, 0.2) is 69.1 Å². The van der Waals surface area contributed by atoms with Crippen LogP contribution in [0.3, 0.4) is 0 Å². The number of esters is 1. The number of thiophene rings is 1. The first-order valence-corrected chi connectivity index (χ1v) is 10.9. The Morgan fingerprint density at radius 1 is 1.24 bits per heavy atom. The van der Waals surface area contributed by atoms with E-state index in [1.807, 2.05) is 47.8 Å². The second-order valence-electron chi connectivity index (χ2n) is 6.51. The first-order valence-electron chi connectivity index (χ1n) is 8.99. The van der Waals surface area contributed by atoms with E-state index in [0.29, 0.717) is 33.6 Å². The molecule has 0 saturated carbocycles. The molecule has 0 bridgehead atoms. The number of anilines is 1. The first kappa shape index (κ1) is 19.5. The molecule has 0 amide bonds. The Bertz CT molecular complexity index is 1120. The summed E-state index contributed by atoms with van der Waals surface area (Å²) >= 11 is 2.95. The highest BCUT2D eigenvalue weighted by Crippen LogP contribution is 2.41. The Morgan fingerprint density at radius 3 is 2.72 bits per heavy atom. The van der Waals surface area contributed by atoms with Crippen molar-refractivity contribution in [1.82, 2.24) is 9.97 Å². The molecule has 0 spiro atoms. The number of carbonyl (C=O) groups is 1. The minimum atomic E-state index is -0.511. The number of methoxy groups -OCH3 is 1. The van der Waals surface area contributed by atoms with Crippen molar-refractivity contribution in [1.29, 1.82) is 0 Å². The van der Waals surface area contributed by atoms with Gasteiger partial charge >= 0.3 is 5.97 Å². The number of allylic oxidation sites excluding steroid dienone is 1. The van der Waals surface area contributed by atoms with Gasteiger partial charge in [-0.05, 0) is 23.9 Å². The largest absolute Gasteiger partial charge is 0.466 e. The standard InChI is InChI=1S/C21H19N3O3S2/c1-12-15(20(26)27-2)16(14-9-6-10-28-14)17-18(22-12)23-21(24-19(17)25)29-11-13-7-4-3-5-8-13/h3-10,16H,11H2,1-2H3,(H2,22,23,24,25)/t16-/m1/s1. The third kappa shape index (κ3) is 3.86. The van der Waals surface area contributed by atoms with Crippen molar-refractivity contribution in [2.24, 2.45) is 0 Å². The van der Waals surface area contributed by atoms with Gasteiger partial charge in [-0.1, -0.05) is 48.2 Å². The summed E-state index contributed by atoms with van der Waals surface area (Å²) in [5.41, 5.74) is 2.39. The molecule has 1 atom stereocenters. The number of aromatic amines is 1. The molecule has 1 aromatic carbocycles. The summed E-state index contributed by atoms with van der Waals surface area (Å²) in [5, 5.41) is 5.59. The van der Waals surface area contributed by atoms with Crippen molar-refractivity contribution >= 4 is 34.9 Å². The van der Waals surface area contributed by atoms with E-state index >= 15 is 0 Å². The van der Waals surface area contributed by atoms with Gasteiger partial charge in [-0.3, -0.25) is 4.79 Å². The molecule has 2 N–H and O–H groups in total. The van der Waals surface area contributed by atoms with Gasteiger partial charge in [0, 0.05) is 16.3 Å². The SMILES string of the molecule is COC(=O)C1=C(C)Nc2nc(SCc3ccccc3)[nH]c(=O)c2[C@@H]1c1cccs1. The van der Waals surface area contributed by atoms with Gasteiger partial charge in [0.1, 0.15) is 5.82 Å². The van der Waals surface area contributed by atoms with Crippen LogP contribution in [-0.4, -0.2) is 23.0 Å². The number of thioether (sulfide) groups is 1. The molecule has 4 rings (SSSR count). The van der Waals surface area contributed by atoms with Gasteiger partial charge in [0.2, 0.25) is 0 Å². The summed E-state index contributed by atoms with van der Waals surface area (Å²) in [6.45, 7) is 1.80.